The first-order chi connectivity index (χ1) is 6.29. The summed E-state index contributed by atoms with van der Waals surface area (Å²) < 4.78 is 1.49. The van der Waals surface area contributed by atoms with Crippen LogP contribution in [-0.2, 0) is 0 Å². The number of nitrogens with zero attached hydrogens (tertiary/aromatic N) is 3. The third-order valence-corrected chi connectivity index (χ3v) is 1.92. The number of aromatic nitrogens is 3. The van der Waals surface area contributed by atoms with Crippen LogP contribution in [0.5, 0.6) is 0 Å². The summed E-state index contributed by atoms with van der Waals surface area (Å²) >= 11 is 5.74. The number of hydrogen-bond acceptors (Lipinski definition) is 3. The van der Waals surface area contributed by atoms with E-state index in [0.29, 0.717) is 16.7 Å². The van der Waals surface area contributed by atoms with E-state index in [2.05, 4.69) is 10.1 Å². The summed E-state index contributed by atoms with van der Waals surface area (Å²) in [5.74, 6) is 1.06. The summed E-state index contributed by atoms with van der Waals surface area (Å²) in [4.78, 5) is 4.08. The molecule has 0 atom stereocenters. The first-order valence-electron chi connectivity index (χ1n) is 3.69. The van der Waals surface area contributed by atoms with Gasteiger partial charge in [0.2, 0.25) is 0 Å². The van der Waals surface area contributed by atoms with Crippen LogP contribution in [0.15, 0.2) is 30.6 Å². The van der Waals surface area contributed by atoms with Gasteiger partial charge >= 0.3 is 0 Å². The predicted octanol–water partition coefficient (Wildman–Crippen LogP) is 1.50. The molecule has 0 saturated heterocycles. The Morgan fingerprint density at radius 3 is 2.77 bits per heavy atom. The Labute approximate surface area is 80.0 Å². The van der Waals surface area contributed by atoms with Gasteiger partial charge in [0, 0.05) is 6.20 Å². The second kappa shape index (κ2) is 3.06. The van der Waals surface area contributed by atoms with Gasteiger partial charge in [-0.15, -0.1) is 0 Å². The van der Waals surface area contributed by atoms with Crippen molar-refractivity contribution < 1.29 is 0 Å². The van der Waals surface area contributed by atoms with Crippen molar-refractivity contribution in [1.82, 2.24) is 14.8 Å². The van der Waals surface area contributed by atoms with Crippen molar-refractivity contribution in [3.05, 3.63) is 35.6 Å². The van der Waals surface area contributed by atoms with E-state index < -0.39 is 0 Å². The lowest BCUT2D eigenvalue weighted by atomic mass is 10.5. The van der Waals surface area contributed by atoms with Crippen molar-refractivity contribution in [1.29, 1.82) is 0 Å². The van der Waals surface area contributed by atoms with Crippen LogP contribution < -0.4 is 5.73 Å². The molecule has 2 rings (SSSR count). The molecular weight excluding hydrogens is 188 g/mol. The third-order valence-electron chi connectivity index (χ3n) is 1.63. The maximum atomic E-state index is 5.74. The lowest BCUT2D eigenvalue weighted by Gasteiger charge is -2.00. The van der Waals surface area contributed by atoms with Crippen molar-refractivity contribution in [3.8, 4) is 5.82 Å². The Hall–Kier alpha value is -1.55. The van der Waals surface area contributed by atoms with E-state index in [1.165, 1.54) is 10.9 Å². The first-order valence-corrected chi connectivity index (χ1v) is 4.07. The topological polar surface area (TPSA) is 56.7 Å². The largest absolute Gasteiger partial charge is 0.382 e. The van der Waals surface area contributed by atoms with Gasteiger partial charge in [-0.25, -0.2) is 4.98 Å². The molecule has 0 aliphatic rings. The molecule has 0 aliphatic heterocycles. The molecule has 2 aromatic heterocycles. The summed E-state index contributed by atoms with van der Waals surface area (Å²) in [6.07, 6.45) is 3.16. The van der Waals surface area contributed by atoms with E-state index in [1.807, 2.05) is 12.1 Å². The molecule has 0 spiro atoms. The first kappa shape index (κ1) is 8.07. The normalized spacial score (nSPS) is 10.2. The average molecular weight is 195 g/mol. The number of halogens is 1. The molecule has 2 heterocycles. The third kappa shape index (κ3) is 1.36. The van der Waals surface area contributed by atoms with Crippen LogP contribution in [0.25, 0.3) is 5.82 Å². The molecule has 4 nitrogen and oxygen atoms in total. The van der Waals surface area contributed by atoms with Crippen LogP contribution >= 0.6 is 11.6 Å². The lowest BCUT2D eigenvalue weighted by Crippen LogP contribution is -2.03. The van der Waals surface area contributed by atoms with E-state index in [-0.39, 0.29) is 0 Å². The van der Waals surface area contributed by atoms with Crippen LogP contribution in [0.4, 0.5) is 5.82 Å². The highest BCUT2D eigenvalue weighted by Crippen LogP contribution is 2.19. The van der Waals surface area contributed by atoms with Crippen LogP contribution in [0, 0.1) is 0 Å². The van der Waals surface area contributed by atoms with Crippen LogP contribution in [-0.4, -0.2) is 14.8 Å². The van der Waals surface area contributed by atoms with E-state index in [4.69, 9.17) is 17.3 Å². The fraction of sp³-hybridized carbons (Fsp3) is 0. The zero-order chi connectivity index (χ0) is 9.26. The maximum absolute atomic E-state index is 5.74. The summed E-state index contributed by atoms with van der Waals surface area (Å²) in [5.41, 5.74) is 5.66. The van der Waals surface area contributed by atoms with E-state index in [9.17, 15) is 0 Å². The predicted molar refractivity (Wildman–Crippen MR) is 50.8 cm³/mol. The summed E-state index contributed by atoms with van der Waals surface area (Å²) in [5, 5.41) is 4.42. The van der Waals surface area contributed by atoms with Crippen LogP contribution in [0.2, 0.25) is 5.02 Å². The van der Waals surface area contributed by atoms with Gasteiger partial charge < -0.3 is 5.73 Å². The number of rotatable bonds is 1. The van der Waals surface area contributed by atoms with E-state index >= 15 is 0 Å². The van der Waals surface area contributed by atoms with Crippen LogP contribution in [0.1, 0.15) is 0 Å². The van der Waals surface area contributed by atoms with Gasteiger partial charge in [-0.05, 0) is 12.1 Å². The summed E-state index contributed by atoms with van der Waals surface area (Å²) in [7, 11) is 0. The lowest BCUT2D eigenvalue weighted by molar-refractivity contribution is 0.857. The molecule has 66 valence electrons. The number of nitrogen functional groups attached to an aromatic ring is 1. The average Bonchev–Trinajstić information content (AvgIpc) is 2.49. The molecule has 2 N–H and O–H groups in total. The van der Waals surface area contributed by atoms with Gasteiger partial charge in [-0.2, -0.15) is 9.78 Å². The molecule has 0 amide bonds. The molecule has 0 fully saturated rings. The molecule has 13 heavy (non-hydrogen) atoms. The fourth-order valence-electron chi connectivity index (χ4n) is 1.000. The van der Waals surface area contributed by atoms with E-state index in [0.717, 1.165) is 0 Å². The van der Waals surface area contributed by atoms with Gasteiger partial charge in [0.05, 0.1) is 6.20 Å². The monoisotopic (exact) mass is 194 g/mol. The van der Waals surface area contributed by atoms with Gasteiger partial charge in [0.1, 0.15) is 10.8 Å². The number of hydrogen-bond donors (Lipinski definition) is 1. The standard InChI is InChI=1S/C8H7ClN4/c9-6-5-12-13(8(6)10)7-3-1-2-4-11-7/h1-5H,10H2. The molecular formula is C8H7ClN4. The highest BCUT2D eigenvalue weighted by Gasteiger charge is 2.06. The van der Waals surface area contributed by atoms with Crippen molar-refractivity contribution >= 4 is 17.4 Å². The Morgan fingerprint density at radius 2 is 2.23 bits per heavy atom. The van der Waals surface area contributed by atoms with Crippen molar-refractivity contribution in [2.45, 2.75) is 0 Å². The fourth-order valence-corrected chi connectivity index (χ4v) is 1.12. The van der Waals surface area contributed by atoms with Crippen LogP contribution in [0.3, 0.4) is 0 Å². The zero-order valence-corrected chi connectivity index (χ0v) is 7.44. The van der Waals surface area contributed by atoms with Gasteiger partial charge in [-0.1, -0.05) is 17.7 Å². The van der Waals surface area contributed by atoms with Crippen molar-refractivity contribution in [2.75, 3.05) is 5.73 Å². The second-order valence-electron chi connectivity index (χ2n) is 2.48. The summed E-state index contributed by atoms with van der Waals surface area (Å²) in [6, 6.07) is 5.49. The Kier molecular flexibility index (Phi) is 1.90. The second-order valence-corrected chi connectivity index (χ2v) is 2.88. The quantitative estimate of drug-likeness (QED) is 0.749. The minimum absolute atomic E-state index is 0.403. The Bertz CT molecular complexity index is 409. The van der Waals surface area contributed by atoms with Gasteiger partial charge in [0.15, 0.2) is 5.82 Å². The molecule has 0 aromatic carbocycles. The molecule has 2 aromatic rings. The molecule has 0 saturated carbocycles. The highest BCUT2D eigenvalue weighted by atomic mass is 35.5. The Balaban J connectivity index is 2.53. The number of pyridine rings is 1. The van der Waals surface area contributed by atoms with E-state index in [1.54, 1.807) is 12.3 Å². The number of anilines is 1. The number of nitrogens with two attached hydrogens (primary N) is 1. The van der Waals surface area contributed by atoms with Crippen molar-refractivity contribution in [3.63, 3.8) is 0 Å². The zero-order valence-electron chi connectivity index (χ0n) is 6.68. The molecule has 0 unspecified atom stereocenters. The molecule has 5 heteroatoms. The minimum atomic E-state index is 0.403. The molecule has 0 radical (unpaired) electrons. The van der Waals surface area contributed by atoms with Gasteiger partial charge in [0.25, 0.3) is 0 Å². The SMILES string of the molecule is Nc1c(Cl)cnn1-c1ccccn1. The van der Waals surface area contributed by atoms with Crippen molar-refractivity contribution in [2.24, 2.45) is 0 Å². The minimum Gasteiger partial charge on any atom is -0.382 e. The van der Waals surface area contributed by atoms with Gasteiger partial charge in [-0.3, -0.25) is 0 Å². The summed E-state index contributed by atoms with van der Waals surface area (Å²) in [6.45, 7) is 0. The Morgan fingerprint density at radius 1 is 1.38 bits per heavy atom. The highest BCUT2D eigenvalue weighted by molar-refractivity contribution is 6.32. The smallest absolute Gasteiger partial charge is 0.155 e. The molecule has 0 aliphatic carbocycles. The maximum Gasteiger partial charge on any atom is 0.155 e. The molecule has 0 bridgehead atoms.